The zero-order chi connectivity index (χ0) is 17.1. The molecule has 0 unspecified atom stereocenters. The molecule has 3 aliphatic carbocycles. The van der Waals surface area contributed by atoms with Crippen molar-refractivity contribution in [1.82, 2.24) is 0 Å². The van der Waals surface area contributed by atoms with Crippen molar-refractivity contribution < 1.29 is 17.0 Å². The van der Waals surface area contributed by atoms with Gasteiger partial charge in [0.15, 0.2) is 0 Å². The Hall–Kier alpha value is 0.466. The molecule has 0 amide bonds. The molecular weight excluding hydrogens is 392 g/mol. The molecule has 26 heavy (non-hydrogen) atoms. The number of benzene rings is 1. The molecule has 0 spiro atoms. The molecule has 0 N–H and O–H groups in total. The normalized spacial score (nSPS) is 23.6. The van der Waals surface area contributed by atoms with E-state index >= 15 is 0 Å². The first kappa shape index (κ1) is 21.2. The molecule has 1 aromatic carbocycles. The predicted molar refractivity (Wildman–Crippen MR) is 109 cm³/mol. The van der Waals surface area contributed by atoms with E-state index in [0.717, 1.165) is 17.8 Å². The fourth-order valence-electron chi connectivity index (χ4n) is 5.97. The van der Waals surface area contributed by atoms with E-state index in [9.17, 15) is 0 Å². The average molecular weight is 428 g/mol. The van der Waals surface area contributed by atoms with Crippen LogP contribution in [0.15, 0.2) is 12.1 Å². The minimum atomic E-state index is 0. The van der Waals surface area contributed by atoms with Gasteiger partial charge in [-0.1, -0.05) is 0 Å². The molecule has 0 aliphatic heterocycles. The summed E-state index contributed by atoms with van der Waals surface area (Å²) in [6, 6.07) is 5.39. The first-order chi connectivity index (χ1) is 12.3. The molecule has 0 atom stereocenters. The molecule has 0 nitrogen and oxygen atoms in total. The van der Waals surface area contributed by atoms with Gasteiger partial charge < -0.3 is 17.0 Å². The van der Waals surface area contributed by atoms with Crippen molar-refractivity contribution in [3.63, 3.8) is 0 Å². The van der Waals surface area contributed by atoms with Crippen LogP contribution < -0.4 is 20.7 Å². The number of hydrogen-bond donors (Lipinski definition) is 0. The monoisotopic (exact) mass is 426 g/mol. The van der Waals surface area contributed by atoms with E-state index < -0.39 is 0 Å². The predicted octanol–water partition coefficient (Wildman–Crippen LogP) is 3.63. The molecule has 3 saturated carbocycles. The Balaban J connectivity index is 0.00000196. The van der Waals surface area contributed by atoms with E-state index in [4.69, 9.17) is 0 Å². The van der Waals surface area contributed by atoms with E-state index in [2.05, 4.69) is 33.8 Å². The van der Waals surface area contributed by atoms with Gasteiger partial charge in [-0.25, -0.2) is 0 Å². The molecule has 1 aromatic rings. The first-order valence-corrected chi connectivity index (χ1v) is 12.0. The zero-order valence-corrected chi connectivity index (χ0v) is 19.6. The van der Waals surface area contributed by atoms with E-state index in [1.807, 2.05) is 0 Å². The molecule has 0 radical (unpaired) electrons. The van der Waals surface area contributed by atoms with Crippen molar-refractivity contribution in [2.45, 2.75) is 114 Å². The number of rotatable bonds is 3. The summed E-state index contributed by atoms with van der Waals surface area (Å²) < 4.78 is 1.72. The van der Waals surface area contributed by atoms with Gasteiger partial charge in [0.1, 0.15) is 0 Å². The molecule has 0 aromatic heterocycles. The van der Waals surface area contributed by atoms with Crippen LogP contribution >= 0.6 is 0 Å². The minimum absolute atomic E-state index is 0. The van der Waals surface area contributed by atoms with Crippen LogP contribution in [0.5, 0.6) is 0 Å². The number of hydrogen-bond acceptors (Lipinski definition) is 0. The maximum atomic E-state index is 2.70. The fourth-order valence-corrected chi connectivity index (χ4v) is 6.75. The van der Waals surface area contributed by atoms with Crippen molar-refractivity contribution in [2.75, 3.05) is 0 Å². The fraction of sp³-hybridized carbons (Fsp3) is 0.750. The molecule has 0 saturated heterocycles. The second-order valence-electron chi connectivity index (χ2n) is 9.18. The first-order valence-electron chi connectivity index (χ1n) is 11.3. The Bertz CT molecular complexity index is 525. The molecule has 3 aliphatic rings. The van der Waals surface area contributed by atoms with Crippen molar-refractivity contribution in [2.24, 2.45) is 0 Å². The summed E-state index contributed by atoms with van der Waals surface area (Å²) in [5.74, 6) is 2.60. The summed E-state index contributed by atoms with van der Waals surface area (Å²) in [5.41, 5.74) is 5.29. The number of halogens is 1. The van der Waals surface area contributed by atoms with Gasteiger partial charge in [-0.15, -0.1) is 0 Å². The van der Waals surface area contributed by atoms with Crippen molar-refractivity contribution in [3.05, 3.63) is 28.8 Å². The van der Waals surface area contributed by atoms with Gasteiger partial charge in [0.2, 0.25) is 0 Å². The summed E-state index contributed by atoms with van der Waals surface area (Å²) in [7, 11) is 0. The molecule has 3 fully saturated rings. The Morgan fingerprint density at radius 1 is 0.538 bits per heavy atom. The third-order valence-electron chi connectivity index (χ3n) is 7.51. The van der Waals surface area contributed by atoms with Crippen LogP contribution in [-0.4, -0.2) is 21.7 Å². The average Bonchev–Trinajstić information content (AvgIpc) is 2.70. The van der Waals surface area contributed by atoms with E-state index in [1.54, 1.807) is 20.4 Å². The van der Waals surface area contributed by atoms with Crippen LogP contribution in [0.1, 0.15) is 131 Å². The second kappa shape index (κ2) is 10.3. The van der Waals surface area contributed by atoms with Gasteiger partial charge in [0.25, 0.3) is 0 Å². The van der Waals surface area contributed by atoms with Crippen LogP contribution in [0.25, 0.3) is 0 Å². The van der Waals surface area contributed by atoms with Gasteiger partial charge >= 0.3 is 168 Å². The molecule has 0 bridgehead atoms. The molecule has 4 rings (SSSR count). The Labute approximate surface area is 184 Å². The van der Waals surface area contributed by atoms with Gasteiger partial charge in [-0.05, 0) is 0 Å². The van der Waals surface area contributed by atoms with Crippen molar-refractivity contribution in [1.29, 1.82) is 0 Å². The summed E-state index contributed by atoms with van der Waals surface area (Å²) >= 11 is 2.23. The standard InChI is InChI=1S/C24H35.BrH.Mg/c1-4-10-19(11-5-1)22-16-23(20-12-6-2-7-13-20)18-24(17-22)21-14-8-3-9-15-21;;/h16-17,19-21H,1-15H2;1H;/q;;+1/p-1. The molecule has 0 heterocycles. The van der Waals surface area contributed by atoms with Crippen LogP contribution in [0.2, 0.25) is 0 Å². The Morgan fingerprint density at radius 2 is 0.885 bits per heavy atom. The van der Waals surface area contributed by atoms with Gasteiger partial charge in [0, 0.05) is 0 Å². The van der Waals surface area contributed by atoms with Gasteiger partial charge in [-0.2, -0.15) is 0 Å². The van der Waals surface area contributed by atoms with Gasteiger partial charge in [0.05, 0.1) is 0 Å². The van der Waals surface area contributed by atoms with Crippen molar-refractivity contribution >= 4 is 25.4 Å². The van der Waals surface area contributed by atoms with Crippen LogP contribution in [0.4, 0.5) is 0 Å². The third kappa shape index (κ3) is 4.89. The van der Waals surface area contributed by atoms with E-state index in [1.165, 1.54) is 96.3 Å². The van der Waals surface area contributed by atoms with E-state index in [0.29, 0.717) is 0 Å². The summed E-state index contributed by atoms with van der Waals surface area (Å²) in [6.07, 6.45) is 21.8. The van der Waals surface area contributed by atoms with Crippen LogP contribution in [0.3, 0.4) is 0 Å². The van der Waals surface area contributed by atoms with Crippen LogP contribution in [-0.2, 0) is 0 Å². The van der Waals surface area contributed by atoms with Crippen molar-refractivity contribution in [3.8, 4) is 0 Å². The Morgan fingerprint density at radius 3 is 1.27 bits per heavy atom. The summed E-state index contributed by atoms with van der Waals surface area (Å²) in [5, 5.41) is 0. The SMILES string of the molecule is [Br-].[Mg+][c]1c(C2CCCCC2)cc(C2CCCCC2)cc1C1CCCCC1. The quantitative estimate of drug-likeness (QED) is 0.646. The topological polar surface area (TPSA) is 0 Å². The summed E-state index contributed by atoms with van der Waals surface area (Å²) in [6.45, 7) is 0. The van der Waals surface area contributed by atoms with Gasteiger partial charge in [-0.3, -0.25) is 0 Å². The second-order valence-corrected chi connectivity index (χ2v) is 9.89. The zero-order valence-electron chi connectivity index (χ0n) is 16.6. The maximum absolute atomic E-state index is 2.70. The molecule has 2 heteroatoms. The van der Waals surface area contributed by atoms with Crippen LogP contribution in [0, 0.1) is 0 Å². The summed E-state index contributed by atoms with van der Waals surface area (Å²) in [4.78, 5) is 0. The molecular formula is C24H35BrMg. The Kier molecular flexibility index (Phi) is 8.39. The van der Waals surface area contributed by atoms with E-state index in [-0.39, 0.29) is 17.0 Å². The molecule has 140 valence electrons. The third-order valence-corrected chi connectivity index (χ3v) is 8.32.